The molecule has 2 aliphatic rings. The van der Waals surface area contributed by atoms with Gasteiger partial charge in [-0.3, -0.25) is 0 Å². The average Bonchev–Trinajstić information content (AvgIpc) is 3.97. The zero-order valence-electron chi connectivity index (χ0n) is 31.5. The van der Waals surface area contributed by atoms with Crippen LogP contribution < -0.4 is 9.80 Å². The molecule has 2 atom stereocenters. The number of hydrogen-bond acceptors (Lipinski definition) is 4. The van der Waals surface area contributed by atoms with Crippen molar-refractivity contribution in [1.29, 1.82) is 0 Å². The van der Waals surface area contributed by atoms with Gasteiger partial charge in [-0.2, -0.15) is 0 Å². The van der Waals surface area contributed by atoms with E-state index < -0.39 is 0 Å². The quantitative estimate of drug-likeness (QED) is 0.170. The third kappa shape index (κ3) is 5.08. The summed E-state index contributed by atoms with van der Waals surface area (Å²) in [7, 11) is 0. The second-order valence-electron chi connectivity index (χ2n) is 15.2. The molecule has 8 aromatic carbocycles. The normalized spacial score (nSPS) is 15.8. The SMILES string of the molecule is C1=CC2c3ccccc3N(c3ccc(-c4ccccc4)cc3-c3ccc(N(c4ccc5c(c4)oc4ccccc45)c4cccc5oc6ccccc6c45)cc3)C2C=C1. The Hall–Kier alpha value is -7.56. The Morgan fingerprint density at radius 3 is 1.98 bits per heavy atom. The molecule has 1 aliphatic carbocycles. The van der Waals surface area contributed by atoms with Crippen molar-refractivity contribution in [2.45, 2.75) is 12.0 Å². The molecule has 0 fully saturated rings. The summed E-state index contributed by atoms with van der Waals surface area (Å²) in [6.45, 7) is 0. The molecular formula is C54H36N2O2. The molecule has 0 bridgehead atoms. The topological polar surface area (TPSA) is 32.8 Å². The van der Waals surface area contributed by atoms with Crippen LogP contribution in [0.15, 0.2) is 215 Å². The van der Waals surface area contributed by atoms with Gasteiger partial charge in [-0.1, -0.05) is 133 Å². The second kappa shape index (κ2) is 13.0. The molecular weight excluding hydrogens is 709 g/mol. The van der Waals surface area contributed by atoms with Crippen molar-refractivity contribution < 1.29 is 8.83 Å². The monoisotopic (exact) mass is 744 g/mol. The van der Waals surface area contributed by atoms with E-state index in [9.17, 15) is 0 Å². The number of rotatable bonds is 6. The summed E-state index contributed by atoms with van der Waals surface area (Å²) >= 11 is 0. The molecule has 2 unspecified atom stereocenters. The molecule has 0 spiro atoms. The van der Waals surface area contributed by atoms with Gasteiger partial charge < -0.3 is 18.6 Å². The van der Waals surface area contributed by atoms with Crippen molar-refractivity contribution in [3.05, 3.63) is 212 Å². The molecule has 3 heterocycles. The fourth-order valence-corrected chi connectivity index (χ4v) is 9.37. The van der Waals surface area contributed by atoms with E-state index in [1.807, 2.05) is 24.3 Å². The summed E-state index contributed by atoms with van der Waals surface area (Å²) in [5, 5.41) is 4.36. The molecule has 1 aliphatic heterocycles. The third-order valence-corrected chi connectivity index (χ3v) is 12.0. The maximum atomic E-state index is 6.45. The van der Waals surface area contributed by atoms with Gasteiger partial charge in [-0.25, -0.2) is 0 Å². The predicted molar refractivity (Wildman–Crippen MR) is 240 cm³/mol. The van der Waals surface area contributed by atoms with Crippen molar-refractivity contribution in [1.82, 2.24) is 0 Å². The number of anilines is 5. The van der Waals surface area contributed by atoms with E-state index in [0.29, 0.717) is 5.92 Å². The van der Waals surface area contributed by atoms with Crippen molar-refractivity contribution in [3.63, 3.8) is 0 Å². The van der Waals surface area contributed by atoms with Crippen LogP contribution in [-0.4, -0.2) is 6.04 Å². The van der Waals surface area contributed by atoms with Gasteiger partial charge in [0.1, 0.15) is 22.3 Å². The summed E-state index contributed by atoms with van der Waals surface area (Å²) in [6.07, 6.45) is 9.06. The summed E-state index contributed by atoms with van der Waals surface area (Å²) in [5.41, 5.74) is 15.0. The van der Waals surface area contributed by atoms with Gasteiger partial charge in [0, 0.05) is 56.5 Å². The molecule has 0 N–H and O–H groups in total. The van der Waals surface area contributed by atoms with E-state index in [0.717, 1.165) is 66.5 Å². The van der Waals surface area contributed by atoms with Crippen molar-refractivity contribution in [2.75, 3.05) is 9.80 Å². The van der Waals surface area contributed by atoms with Crippen LogP contribution in [0.5, 0.6) is 0 Å². The van der Waals surface area contributed by atoms with Crippen LogP contribution in [0.25, 0.3) is 66.1 Å². The van der Waals surface area contributed by atoms with Crippen molar-refractivity contribution >= 4 is 72.3 Å². The van der Waals surface area contributed by atoms with Gasteiger partial charge in [0.05, 0.1) is 17.1 Å². The van der Waals surface area contributed by atoms with E-state index in [1.54, 1.807) is 0 Å². The number of benzene rings is 8. The molecule has 0 saturated heterocycles. The molecule has 4 nitrogen and oxygen atoms in total. The van der Waals surface area contributed by atoms with Crippen molar-refractivity contribution in [3.8, 4) is 22.3 Å². The Bertz CT molecular complexity index is 3260. The maximum Gasteiger partial charge on any atom is 0.137 e. The largest absolute Gasteiger partial charge is 0.456 e. The fraction of sp³-hybridized carbons (Fsp3) is 0.0370. The minimum absolute atomic E-state index is 0.192. The van der Waals surface area contributed by atoms with Crippen LogP contribution in [0, 0.1) is 0 Å². The highest BCUT2D eigenvalue weighted by Crippen LogP contribution is 2.51. The highest BCUT2D eigenvalue weighted by molar-refractivity contribution is 6.14. The fourth-order valence-electron chi connectivity index (χ4n) is 9.37. The van der Waals surface area contributed by atoms with Crippen LogP contribution >= 0.6 is 0 Å². The average molecular weight is 745 g/mol. The van der Waals surface area contributed by atoms with E-state index in [-0.39, 0.29) is 6.04 Å². The molecule has 0 radical (unpaired) electrons. The predicted octanol–water partition coefficient (Wildman–Crippen LogP) is 15.0. The summed E-state index contributed by atoms with van der Waals surface area (Å²) in [6, 6.07) is 65.2. The number of nitrogens with zero attached hydrogens (tertiary/aromatic N) is 2. The Morgan fingerprint density at radius 1 is 0.431 bits per heavy atom. The Kier molecular flexibility index (Phi) is 7.32. The zero-order valence-corrected chi connectivity index (χ0v) is 31.5. The summed E-state index contributed by atoms with van der Waals surface area (Å²) < 4.78 is 12.9. The van der Waals surface area contributed by atoms with Crippen LogP contribution in [0.3, 0.4) is 0 Å². The lowest BCUT2D eigenvalue weighted by Crippen LogP contribution is -2.28. The van der Waals surface area contributed by atoms with Crippen LogP contribution in [0.2, 0.25) is 0 Å². The number of allylic oxidation sites excluding steroid dienone is 2. The molecule has 0 saturated carbocycles. The smallest absolute Gasteiger partial charge is 0.137 e. The van der Waals surface area contributed by atoms with Gasteiger partial charge in [0.15, 0.2) is 0 Å². The molecule has 0 amide bonds. The highest BCUT2D eigenvalue weighted by atomic mass is 16.3. The maximum absolute atomic E-state index is 6.45. The van der Waals surface area contributed by atoms with Gasteiger partial charge in [0.2, 0.25) is 0 Å². The van der Waals surface area contributed by atoms with Crippen molar-refractivity contribution in [2.24, 2.45) is 0 Å². The summed E-state index contributed by atoms with van der Waals surface area (Å²) in [5.74, 6) is 0.296. The first-order valence-electron chi connectivity index (χ1n) is 19.9. The van der Waals surface area contributed by atoms with E-state index in [2.05, 4.69) is 192 Å². The first-order chi connectivity index (χ1) is 28.8. The lowest BCUT2D eigenvalue weighted by atomic mass is 9.91. The third-order valence-electron chi connectivity index (χ3n) is 12.0. The zero-order chi connectivity index (χ0) is 38.2. The van der Waals surface area contributed by atoms with Crippen LogP contribution in [0.1, 0.15) is 11.5 Å². The minimum Gasteiger partial charge on any atom is -0.456 e. The van der Waals surface area contributed by atoms with Crippen LogP contribution in [-0.2, 0) is 0 Å². The van der Waals surface area contributed by atoms with Gasteiger partial charge in [-0.05, 0) is 89.0 Å². The number of fused-ring (bicyclic) bond motifs is 9. The Labute approximate surface area is 335 Å². The second-order valence-corrected chi connectivity index (χ2v) is 15.2. The summed E-state index contributed by atoms with van der Waals surface area (Å²) in [4.78, 5) is 4.88. The van der Waals surface area contributed by atoms with E-state index >= 15 is 0 Å². The van der Waals surface area contributed by atoms with E-state index in [4.69, 9.17) is 8.83 Å². The standard InChI is InChI=1S/C54H36N2O2/c1-2-13-35(14-3-1)37-27-32-48(56-46-19-8-4-15-40(46)41-16-5-9-20-47(41)56)45(33-37)36-25-28-38(29-26-36)55(39-30-31-43-42-17-6-10-22-50(42)58-53(43)34-39)49-21-12-24-52-54(49)44-18-7-11-23-51(44)57-52/h1-34,40,46H. The highest BCUT2D eigenvalue weighted by Gasteiger charge is 2.38. The first kappa shape index (κ1) is 32.7. The number of furan rings is 2. The first-order valence-corrected chi connectivity index (χ1v) is 19.9. The Balaban J connectivity index is 1.04. The van der Waals surface area contributed by atoms with Gasteiger partial charge >= 0.3 is 0 Å². The molecule has 2 aromatic heterocycles. The molecule has 274 valence electrons. The minimum atomic E-state index is 0.192. The lowest BCUT2D eigenvalue weighted by molar-refractivity contribution is 0.669. The lowest BCUT2D eigenvalue weighted by Gasteiger charge is -2.31. The molecule has 4 heteroatoms. The molecule has 12 rings (SSSR count). The molecule has 10 aromatic rings. The molecule has 58 heavy (non-hydrogen) atoms. The Morgan fingerprint density at radius 2 is 1.10 bits per heavy atom. The van der Waals surface area contributed by atoms with Gasteiger partial charge in [-0.15, -0.1) is 0 Å². The van der Waals surface area contributed by atoms with Crippen LogP contribution in [0.4, 0.5) is 28.4 Å². The number of hydrogen-bond donors (Lipinski definition) is 0. The van der Waals surface area contributed by atoms with E-state index in [1.165, 1.54) is 33.6 Å². The van der Waals surface area contributed by atoms with Gasteiger partial charge in [0.25, 0.3) is 0 Å². The number of para-hydroxylation sites is 3.